The molecule has 7 aromatic rings. The molecule has 0 saturated heterocycles. The van der Waals surface area contributed by atoms with Crippen molar-refractivity contribution in [2.75, 3.05) is 0 Å². The van der Waals surface area contributed by atoms with Crippen LogP contribution in [0.3, 0.4) is 0 Å². The first kappa shape index (κ1) is 22.3. The van der Waals surface area contributed by atoms with Gasteiger partial charge in [-0.1, -0.05) is 116 Å². The zero-order chi connectivity index (χ0) is 26.3. The van der Waals surface area contributed by atoms with Crippen LogP contribution in [0.2, 0.25) is 0 Å². The molecular formula is C37H27NO. The Hall–Kier alpha value is -4.69. The Bertz CT molecular complexity index is 2080. The van der Waals surface area contributed by atoms with E-state index in [1.54, 1.807) is 0 Å². The fourth-order valence-corrected chi connectivity index (χ4v) is 6.68. The van der Waals surface area contributed by atoms with E-state index in [2.05, 4.69) is 124 Å². The fourth-order valence-electron chi connectivity index (χ4n) is 6.68. The number of nitrogens with zero attached hydrogens (tertiary/aromatic N) is 1. The third-order valence-corrected chi connectivity index (χ3v) is 8.54. The molecule has 1 aliphatic carbocycles. The lowest BCUT2D eigenvalue weighted by atomic mass is 9.74. The van der Waals surface area contributed by atoms with E-state index in [1.165, 1.54) is 32.8 Å². The van der Waals surface area contributed by atoms with Gasteiger partial charge in [0, 0.05) is 44.5 Å². The van der Waals surface area contributed by atoms with Gasteiger partial charge >= 0.3 is 0 Å². The summed E-state index contributed by atoms with van der Waals surface area (Å²) in [5.74, 6) is 0. The number of fused-ring (bicyclic) bond motifs is 4. The van der Waals surface area contributed by atoms with Crippen molar-refractivity contribution in [1.82, 2.24) is 4.98 Å². The summed E-state index contributed by atoms with van der Waals surface area (Å²) in [6.07, 6.45) is 2.03. The van der Waals surface area contributed by atoms with Crippen LogP contribution in [-0.4, -0.2) is 4.98 Å². The number of hydrogen-bond acceptors (Lipinski definition) is 2. The van der Waals surface area contributed by atoms with Gasteiger partial charge in [0.25, 0.3) is 0 Å². The Kier molecular flexibility index (Phi) is 4.52. The van der Waals surface area contributed by atoms with Gasteiger partial charge in [-0.05, 0) is 40.6 Å². The Morgan fingerprint density at radius 3 is 1.95 bits per heavy atom. The van der Waals surface area contributed by atoms with Crippen molar-refractivity contribution in [1.29, 1.82) is 0 Å². The average molecular weight is 502 g/mol. The molecule has 2 aromatic heterocycles. The highest BCUT2D eigenvalue weighted by Crippen LogP contribution is 2.53. The predicted molar refractivity (Wildman–Crippen MR) is 162 cm³/mol. The lowest BCUT2D eigenvalue weighted by Crippen LogP contribution is -2.20. The zero-order valence-electron chi connectivity index (χ0n) is 22.2. The quantitative estimate of drug-likeness (QED) is 0.235. The van der Waals surface area contributed by atoms with Crippen LogP contribution < -0.4 is 0 Å². The summed E-state index contributed by atoms with van der Waals surface area (Å²) in [6, 6.07) is 36.9. The van der Waals surface area contributed by atoms with Crippen molar-refractivity contribution in [3.8, 4) is 33.5 Å². The molecule has 186 valence electrons. The number of aromatic nitrogens is 1. The lowest BCUT2D eigenvalue weighted by Gasteiger charge is -2.29. The number of rotatable bonds is 2. The van der Waals surface area contributed by atoms with Crippen LogP contribution >= 0.6 is 0 Å². The minimum atomic E-state index is -0.300. The first-order valence-electron chi connectivity index (χ1n) is 13.6. The lowest BCUT2D eigenvalue weighted by molar-refractivity contribution is 0.647. The molecule has 5 aromatic carbocycles. The second-order valence-electron chi connectivity index (χ2n) is 11.3. The summed E-state index contributed by atoms with van der Waals surface area (Å²) < 4.78 is 6.97. The number of hydrogen-bond donors (Lipinski definition) is 0. The van der Waals surface area contributed by atoms with E-state index in [1.807, 2.05) is 6.20 Å². The van der Waals surface area contributed by atoms with Crippen LogP contribution in [0.4, 0.5) is 0 Å². The molecule has 0 bridgehead atoms. The Morgan fingerprint density at radius 1 is 0.641 bits per heavy atom. The SMILES string of the molecule is Cc1ccc2cnc3c(c2c1)C(C)(C)c1ccc(-c2ccccc2)c2oc4c(-c5ccccc5)ccc-3c4c12. The van der Waals surface area contributed by atoms with Gasteiger partial charge in [0.2, 0.25) is 0 Å². The molecule has 0 saturated carbocycles. The smallest absolute Gasteiger partial charge is 0.143 e. The summed E-state index contributed by atoms with van der Waals surface area (Å²) in [5, 5.41) is 4.80. The van der Waals surface area contributed by atoms with Crippen molar-refractivity contribution in [3.05, 3.63) is 126 Å². The maximum absolute atomic E-state index is 6.97. The van der Waals surface area contributed by atoms with Crippen LogP contribution in [0.1, 0.15) is 30.5 Å². The van der Waals surface area contributed by atoms with Crippen molar-refractivity contribution >= 4 is 32.7 Å². The predicted octanol–water partition coefficient (Wildman–Crippen LogP) is 10.1. The van der Waals surface area contributed by atoms with Gasteiger partial charge in [0.15, 0.2) is 0 Å². The van der Waals surface area contributed by atoms with Gasteiger partial charge in [0.05, 0.1) is 5.69 Å². The van der Waals surface area contributed by atoms with Gasteiger partial charge in [-0.25, -0.2) is 0 Å². The molecule has 0 fully saturated rings. The number of pyridine rings is 1. The van der Waals surface area contributed by atoms with E-state index in [0.29, 0.717) is 0 Å². The largest absolute Gasteiger partial charge is 0.455 e. The minimum absolute atomic E-state index is 0.300. The minimum Gasteiger partial charge on any atom is -0.455 e. The summed E-state index contributed by atoms with van der Waals surface area (Å²) in [6.45, 7) is 6.85. The Morgan fingerprint density at radius 2 is 1.26 bits per heavy atom. The van der Waals surface area contributed by atoms with Crippen molar-refractivity contribution in [2.45, 2.75) is 26.2 Å². The Balaban J connectivity index is 1.60. The van der Waals surface area contributed by atoms with E-state index in [0.717, 1.165) is 50.1 Å². The highest BCUT2D eigenvalue weighted by molar-refractivity contribution is 6.21. The maximum Gasteiger partial charge on any atom is 0.143 e. The van der Waals surface area contributed by atoms with Crippen LogP contribution in [0.15, 0.2) is 114 Å². The monoisotopic (exact) mass is 501 g/mol. The van der Waals surface area contributed by atoms with Gasteiger partial charge < -0.3 is 4.42 Å². The maximum atomic E-state index is 6.97. The average Bonchev–Trinajstić information content (AvgIpc) is 3.33. The molecule has 1 aliphatic rings. The second kappa shape index (κ2) is 7.91. The molecule has 2 nitrogen and oxygen atoms in total. The van der Waals surface area contributed by atoms with Gasteiger partial charge in [-0.2, -0.15) is 0 Å². The second-order valence-corrected chi connectivity index (χ2v) is 11.3. The van der Waals surface area contributed by atoms with Crippen molar-refractivity contribution < 1.29 is 4.42 Å². The van der Waals surface area contributed by atoms with Gasteiger partial charge in [0.1, 0.15) is 11.2 Å². The number of benzene rings is 5. The first-order chi connectivity index (χ1) is 19.0. The number of furan rings is 1. The molecule has 0 atom stereocenters. The van der Waals surface area contributed by atoms with Gasteiger partial charge in [-0.3, -0.25) is 4.98 Å². The number of aryl methyl sites for hydroxylation is 1. The first-order valence-corrected chi connectivity index (χ1v) is 13.6. The third-order valence-electron chi connectivity index (χ3n) is 8.54. The van der Waals surface area contributed by atoms with Gasteiger partial charge in [-0.15, -0.1) is 0 Å². The molecule has 0 N–H and O–H groups in total. The van der Waals surface area contributed by atoms with Crippen molar-refractivity contribution in [3.63, 3.8) is 0 Å². The fraction of sp³-hybridized carbons (Fsp3) is 0.108. The van der Waals surface area contributed by atoms with Crippen LogP contribution in [0.25, 0.3) is 66.2 Å². The molecule has 0 radical (unpaired) electrons. The summed E-state index contributed by atoms with van der Waals surface area (Å²) in [5.41, 5.74) is 12.1. The molecule has 0 unspecified atom stereocenters. The highest BCUT2D eigenvalue weighted by atomic mass is 16.3. The van der Waals surface area contributed by atoms with E-state index >= 15 is 0 Å². The molecule has 0 aliphatic heterocycles. The van der Waals surface area contributed by atoms with E-state index in [9.17, 15) is 0 Å². The summed E-state index contributed by atoms with van der Waals surface area (Å²) in [4.78, 5) is 5.15. The van der Waals surface area contributed by atoms with E-state index in [4.69, 9.17) is 9.40 Å². The highest BCUT2D eigenvalue weighted by Gasteiger charge is 2.37. The van der Waals surface area contributed by atoms with Crippen LogP contribution in [0.5, 0.6) is 0 Å². The van der Waals surface area contributed by atoms with Crippen molar-refractivity contribution in [2.24, 2.45) is 0 Å². The standard InChI is InChI=1S/C37H27NO/c1-22-14-15-25-21-38-34-28-17-16-26(23-10-6-4-7-11-23)35-31(28)32-30(37(2,3)33(34)29(25)20-22)19-18-27(36(32)39-35)24-12-8-5-9-13-24/h4-21H,1-3H3. The molecule has 2 heteroatoms. The molecule has 2 heterocycles. The normalized spacial score (nSPS) is 13.7. The molecule has 39 heavy (non-hydrogen) atoms. The van der Waals surface area contributed by atoms with E-state index in [-0.39, 0.29) is 5.41 Å². The third kappa shape index (κ3) is 3.06. The molecule has 8 rings (SSSR count). The van der Waals surface area contributed by atoms with E-state index < -0.39 is 0 Å². The zero-order valence-corrected chi connectivity index (χ0v) is 22.2. The Labute approximate surface area is 227 Å². The molecule has 0 spiro atoms. The summed E-state index contributed by atoms with van der Waals surface area (Å²) in [7, 11) is 0. The molecular weight excluding hydrogens is 474 g/mol. The topological polar surface area (TPSA) is 26.0 Å². The van der Waals surface area contributed by atoms with Crippen LogP contribution in [-0.2, 0) is 5.41 Å². The molecule has 0 amide bonds. The summed E-state index contributed by atoms with van der Waals surface area (Å²) >= 11 is 0. The van der Waals surface area contributed by atoms with Crippen LogP contribution in [0, 0.1) is 6.92 Å².